The van der Waals surface area contributed by atoms with Crippen molar-refractivity contribution in [3.8, 4) is 0 Å². The lowest BCUT2D eigenvalue weighted by atomic mass is 9.89. The molecule has 106 valence electrons. The largest absolute Gasteiger partial charge is 0.355 e. The van der Waals surface area contributed by atoms with Gasteiger partial charge in [-0.15, -0.1) is 10.2 Å². The van der Waals surface area contributed by atoms with Crippen molar-refractivity contribution in [2.45, 2.75) is 40.8 Å². The Balaban J connectivity index is 1.63. The van der Waals surface area contributed by atoms with E-state index in [1.54, 1.807) is 23.1 Å². The zero-order valence-electron chi connectivity index (χ0n) is 11.1. The fraction of sp³-hybridized carbons (Fsp3) is 0.750. The molecule has 1 aliphatic rings. The topological polar surface area (TPSA) is 54.9 Å². The smallest absolute Gasteiger partial charge is 0.230 e. The fourth-order valence-electron chi connectivity index (χ4n) is 2.17. The third-order valence-corrected chi connectivity index (χ3v) is 6.23. The van der Waals surface area contributed by atoms with Gasteiger partial charge in [0.15, 0.2) is 8.68 Å². The van der Waals surface area contributed by atoms with Crippen molar-refractivity contribution in [3.05, 3.63) is 0 Å². The van der Waals surface area contributed by atoms with E-state index in [0.717, 1.165) is 15.2 Å². The summed E-state index contributed by atoms with van der Waals surface area (Å²) in [7, 11) is 0. The highest BCUT2D eigenvalue weighted by Gasteiger charge is 2.14. The van der Waals surface area contributed by atoms with Gasteiger partial charge < -0.3 is 5.32 Å². The summed E-state index contributed by atoms with van der Waals surface area (Å²) in [4.78, 5) is 11.8. The first-order valence-corrected chi connectivity index (χ1v) is 9.57. The van der Waals surface area contributed by atoms with Crippen molar-refractivity contribution in [1.29, 1.82) is 0 Å². The van der Waals surface area contributed by atoms with E-state index in [1.807, 2.05) is 6.26 Å². The molecule has 0 radical (unpaired) electrons. The summed E-state index contributed by atoms with van der Waals surface area (Å²) >= 11 is 4.60. The van der Waals surface area contributed by atoms with Crippen LogP contribution in [0.15, 0.2) is 8.68 Å². The van der Waals surface area contributed by atoms with Crippen LogP contribution in [-0.4, -0.2) is 34.7 Å². The molecule has 0 aromatic carbocycles. The Kier molecular flexibility index (Phi) is 6.46. The molecule has 1 N–H and O–H groups in total. The predicted molar refractivity (Wildman–Crippen MR) is 82.0 cm³/mol. The highest BCUT2D eigenvalue weighted by Crippen LogP contribution is 2.27. The molecule has 2 rings (SSSR count). The summed E-state index contributed by atoms with van der Waals surface area (Å²) in [5, 5.41) is 11.1. The van der Waals surface area contributed by atoms with Gasteiger partial charge in [-0.05, 0) is 25.0 Å². The first-order valence-electron chi connectivity index (χ1n) is 6.55. The molecule has 1 aromatic rings. The molecule has 7 heteroatoms. The number of rotatable bonds is 6. The van der Waals surface area contributed by atoms with Gasteiger partial charge in [-0.1, -0.05) is 54.1 Å². The lowest BCUT2D eigenvalue weighted by Crippen LogP contribution is -2.31. The van der Waals surface area contributed by atoms with Gasteiger partial charge in [0.2, 0.25) is 5.91 Å². The van der Waals surface area contributed by atoms with E-state index in [-0.39, 0.29) is 5.91 Å². The average molecular weight is 318 g/mol. The van der Waals surface area contributed by atoms with Crippen LogP contribution in [-0.2, 0) is 4.79 Å². The standard InChI is InChI=1S/C12H19N3OS3/c1-17-11-14-15-12(19-11)18-8-10(16)13-7-9-5-3-2-4-6-9/h9H,2-8H2,1H3,(H,13,16). The van der Waals surface area contributed by atoms with Crippen molar-refractivity contribution in [3.63, 3.8) is 0 Å². The maximum absolute atomic E-state index is 11.8. The van der Waals surface area contributed by atoms with Crippen molar-refractivity contribution in [2.75, 3.05) is 18.6 Å². The highest BCUT2D eigenvalue weighted by molar-refractivity contribution is 8.03. The van der Waals surface area contributed by atoms with Gasteiger partial charge in [-0.3, -0.25) is 4.79 Å². The Hall–Kier alpha value is -0.270. The van der Waals surface area contributed by atoms with Gasteiger partial charge >= 0.3 is 0 Å². The van der Waals surface area contributed by atoms with Crippen LogP contribution in [0.5, 0.6) is 0 Å². The maximum Gasteiger partial charge on any atom is 0.230 e. The van der Waals surface area contributed by atoms with Gasteiger partial charge in [-0.25, -0.2) is 0 Å². The van der Waals surface area contributed by atoms with Crippen LogP contribution in [0.2, 0.25) is 0 Å². The van der Waals surface area contributed by atoms with Gasteiger partial charge in [-0.2, -0.15) is 0 Å². The van der Waals surface area contributed by atoms with Crippen LogP contribution >= 0.6 is 34.9 Å². The van der Waals surface area contributed by atoms with E-state index in [1.165, 1.54) is 43.9 Å². The number of aromatic nitrogens is 2. The summed E-state index contributed by atoms with van der Waals surface area (Å²) < 4.78 is 1.82. The third-order valence-electron chi connectivity index (χ3n) is 3.20. The molecule has 0 spiro atoms. The predicted octanol–water partition coefficient (Wildman–Crippen LogP) is 3.05. The Bertz CT molecular complexity index is 405. The summed E-state index contributed by atoms with van der Waals surface area (Å²) in [5.41, 5.74) is 0. The summed E-state index contributed by atoms with van der Waals surface area (Å²) in [6.45, 7) is 0.839. The molecule has 4 nitrogen and oxygen atoms in total. The minimum Gasteiger partial charge on any atom is -0.355 e. The molecular weight excluding hydrogens is 298 g/mol. The van der Waals surface area contributed by atoms with Crippen LogP contribution in [0.25, 0.3) is 0 Å². The van der Waals surface area contributed by atoms with E-state index in [2.05, 4.69) is 15.5 Å². The maximum atomic E-state index is 11.8. The molecule has 1 aliphatic carbocycles. The zero-order valence-corrected chi connectivity index (χ0v) is 13.5. The number of amides is 1. The van der Waals surface area contributed by atoms with E-state index in [0.29, 0.717) is 11.7 Å². The Morgan fingerprint density at radius 2 is 2.05 bits per heavy atom. The molecule has 0 aliphatic heterocycles. The quantitative estimate of drug-likeness (QED) is 0.817. The Morgan fingerprint density at radius 1 is 1.32 bits per heavy atom. The zero-order chi connectivity index (χ0) is 13.5. The molecule has 1 fully saturated rings. The van der Waals surface area contributed by atoms with Gasteiger partial charge in [0.25, 0.3) is 0 Å². The fourth-order valence-corrected chi connectivity index (χ4v) is 4.43. The second-order valence-electron chi connectivity index (χ2n) is 4.63. The third kappa shape index (κ3) is 5.31. The number of carbonyl (C=O) groups excluding carboxylic acids is 1. The first kappa shape index (κ1) is 15.1. The summed E-state index contributed by atoms with van der Waals surface area (Å²) in [6, 6.07) is 0. The summed E-state index contributed by atoms with van der Waals surface area (Å²) in [6.07, 6.45) is 8.50. The number of carbonyl (C=O) groups is 1. The lowest BCUT2D eigenvalue weighted by molar-refractivity contribution is -0.118. The second-order valence-corrected chi connectivity index (χ2v) is 7.89. The molecule has 1 amide bonds. The lowest BCUT2D eigenvalue weighted by Gasteiger charge is -2.21. The number of hydrogen-bond acceptors (Lipinski definition) is 6. The van der Waals surface area contributed by atoms with Gasteiger partial charge in [0.1, 0.15) is 0 Å². The normalized spacial score (nSPS) is 16.5. The van der Waals surface area contributed by atoms with Crippen LogP contribution in [0.3, 0.4) is 0 Å². The molecule has 0 saturated heterocycles. The minimum absolute atomic E-state index is 0.108. The first-order chi connectivity index (χ1) is 9.28. The molecule has 0 bridgehead atoms. The Labute approximate surface area is 126 Å². The van der Waals surface area contributed by atoms with Crippen molar-refractivity contribution < 1.29 is 4.79 Å². The number of hydrogen-bond donors (Lipinski definition) is 1. The van der Waals surface area contributed by atoms with Crippen LogP contribution in [0.4, 0.5) is 0 Å². The van der Waals surface area contributed by atoms with E-state index in [4.69, 9.17) is 0 Å². The van der Waals surface area contributed by atoms with Crippen molar-refractivity contribution in [2.24, 2.45) is 5.92 Å². The van der Waals surface area contributed by atoms with Gasteiger partial charge in [0.05, 0.1) is 5.75 Å². The molecule has 1 aromatic heterocycles. The molecule has 0 unspecified atom stereocenters. The van der Waals surface area contributed by atoms with Crippen molar-refractivity contribution in [1.82, 2.24) is 15.5 Å². The second kappa shape index (κ2) is 8.11. The number of thioether (sulfide) groups is 2. The monoisotopic (exact) mass is 317 g/mol. The molecule has 0 atom stereocenters. The van der Waals surface area contributed by atoms with Gasteiger partial charge in [0, 0.05) is 6.54 Å². The van der Waals surface area contributed by atoms with E-state index < -0.39 is 0 Å². The average Bonchev–Trinajstić information content (AvgIpc) is 2.92. The van der Waals surface area contributed by atoms with E-state index >= 15 is 0 Å². The summed E-state index contributed by atoms with van der Waals surface area (Å²) in [5.74, 6) is 1.24. The molecule has 1 heterocycles. The number of nitrogens with one attached hydrogen (secondary N) is 1. The highest BCUT2D eigenvalue weighted by atomic mass is 32.2. The van der Waals surface area contributed by atoms with Crippen LogP contribution in [0.1, 0.15) is 32.1 Å². The van der Waals surface area contributed by atoms with E-state index in [9.17, 15) is 4.79 Å². The molecular formula is C12H19N3OS3. The minimum atomic E-state index is 0.108. The molecule has 19 heavy (non-hydrogen) atoms. The SMILES string of the molecule is CSc1nnc(SCC(=O)NCC2CCCCC2)s1. The van der Waals surface area contributed by atoms with Crippen molar-refractivity contribution >= 4 is 40.8 Å². The van der Waals surface area contributed by atoms with Crippen LogP contribution < -0.4 is 5.32 Å². The molecule has 1 saturated carbocycles. The Morgan fingerprint density at radius 3 is 2.74 bits per heavy atom. The number of nitrogens with zero attached hydrogens (tertiary/aromatic N) is 2. The van der Waals surface area contributed by atoms with Crippen LogP contribution in [0, 0.1) is 5.92 Å².